The molecule has 5 heteroatoms. The van der Waals surface area contributed by atoms with E-state index in [1.807, 2.05) is 0 Å². The number of anilines is 2. The number of pyridine rings is 1. The smallest absolute Gasteiger partial charge is 0.144 e. The van der Waals surface area contributed by atoms with Crippen molar-refractivity contribution in [3.8, 4) is 0 Å². The summed E-state index contributed by atoms with van der Waals surface area (Å²) in [6, 6.07) is 1.68. The van der Waals surface area contributed by atoms with Gasteiger partial charge in [0.25, 0.3) is 0 Å². The minimum absolute atomic E-state index is 0.277. The van der Waals surface area contributed by atoms with Crippen LogP contribution in [-0.2, 0) is 0 Å². The molecule has 0 bridgehead atoms. The molecule has 0 saturated carbocycles. The highest BCUT2D eigenvalue weighted by Crippen LogP contribution is 2.20. The second-order valence-electron chi connectivity index (χ2n) is 3.66. The van der Waals surface area contributed by atoms with Crippen LogP contribution >= 0.6 is 11.6 Å². The van der Waals surface area contributed by atoms with E-state index in [0.29, 0.717) is 16.5 Å². The molecule has 0 aliphatic rings. The molecular weight excluding hydrogens is 226 g/mol. The Kier molecular flexibility index (Phi) is 5.96. The standard InChI is InChI=1S/C11H18ClN3O/c12-10-7-9(13)8-15-11(10)14-5-3-1-2-4-6-16/h7-8,16H,1-6,13H2,(H,14,15). The fourth-order valence-corrected chi connectivity index (χ4v) is 1.62. The van der Waals surface area contributed by atoms with Crippen molar-refractivity contribution in [1.29, 1.82) is 0 Å². The topological polar surface area (TPSA) is 71.2 Å². The summed E-state index contributed by atoms with van der Waals surface area (Å²) in [5.74, 6) is 0.679. The Balaban J connectivity index is 2.21. The Hall–Kier alpha value is -1.00. The van der Waals surface area contributed by atoms with Gasteiger partial charge in [0.15, 0.2) is 0 Å². The van der Waals surface area contributed by atoms with Crippen molar-refractivity contribution in [3.05, 3.63) is 17.3 Å². The van der Waals surface area contributed by atoms with Crippen molar-refractivity contribution in [2.75, 3.05) is 24.2 Å². The van der Waals surface area contributed by atoms with E-state index in [0.717, 1.165) is 32.2 Å². The third-order valence-electron chi connectivity index (χ3n) is 2.24. The summed E-state index contributed by atoms with van der Waals surface area (Å²) >= 11 is 5.95. The van der Waals surface area contributed by atoms with Gasteiger partial charge in [-0.25, -0.2) is 4.98 Å². The van der Waals surface area contributed by atoms with E-state index in [4.69, 9.17) is 22.4 Å². The number of nitrogens with one attached hydrogen (secondary N) is 1. The normalized spacial score (nSPS) is 10.4. The lowest BCUT2D eigenvalue weighted by Crippen LogP contribution is -2.04. The minimum atomic E-state index is 0.277. The van der Waals surface area contributed by atoms with Crippen molar-refractivity contribution in [1.82, 2.24) is 4.98 Å². The van der Waals surface area contributed by atoms with Crippen LogP contribution in [0.4, 0.5) is 11.5 Å². The number of hydrogen-bond acceptors (Lipinski definition) is 4. The van der Waals surface area contributed by atoms with Gasteiger partial charge in [0.05, 0.1) is 16.9 Å². The molecule has 16 heavy (non-hydrogen) atoms. The number of nitrogen functional groups attached to an aromatic ring is 1. The van der Waals surface area contributed by atoms with E-state index in [1.54, 1.807) is 12.3 Å². The molecule has 4 N–H and O–H groups in total. The molecular formula is C11H18ClN3O. The highest BCUT2D eigenvalue weighted by Gasteiger charge is 2.00. The third kappa shape index (κ3) is 4.68. The SMILES string of the molecule is Nc1cnc(NCCCCCCO)c(Cl)c1. The van der Waals surface area contributed by atoms with Crippen molar-refractivity contribution in [2.24, 2.45) is 0 Å². The van der Waals surface area contributed by atoms with E-state index >= 15 is 0 Å². The van der Waals surface area contributed by atoms with Crippen LogP contribution in [-0.4, -0.2) is 23.2 Å². The van der Waals surface area contributed by atoms with Gasteiger partial charge in [0, 0.05) is 13.2 Å². The predicted octanol–water partition coefficient (Wildman–Crippen LogP) is 2.28. The van der Waals surface area contributed by atoms with Crippen molar-refractivity contribution in [2.45, 2.75) is 25.7 Å². The molecule has 0 amide bonds. The highest BCUT2D eigenvalue weighted by atomic mass is 35.5. The Morgan fingerprint density at radius 3 is 2.75 bits per heavy atom. The molecule has 0 fully saturated rings. The van der Waals surface area contributed by atoms with Crippen LogP contribution in [0.15, 0.2) is 12.3 Å². The number of halogens is 1. The van der Waals surface area contributed by atoms with E-state index in [2.05, 4.69) is 10.3 Å². The fourth-order valence-electron chi connectivity index (χ4n) is 1.38. The predicted molar refractivity (Wildman–Crippen MR) is 67.7 cm³/mol. The molecule has 0 aromatic carbocycles. The van der Waals surface area contributed by atoms with E-state index in [1.165, 1.54) is 0 Å². The number of aromatic nitrogens is 1. The molecule has 0 radical (unpaired) electrons. The molecule has 90 valence electrons. The quantitative estimate of drug-likeness (QED) is 0.643. The summed E-state index contributed by atoms with van der Waals surface area (Å²) in [5.41, 5.74) is 6.11. The van der Waals surface area contributed by atoms with E-state index in [-0.39, 0.29) is 6.61 Å². The fraction of sp³-hybridized carbons (Fsp3) is 0.545. The Morgan fingerprint density at radius 2 is 2.06 bits per heavy atom. The second-order valence-corrected chi connectivity index (χ2v) is 4.07. The summed E-state index contributed by atoms with van der Waals surface area (Å²) in [7, 11) is 0. The lowest BCUT2D eigenvalue weighted by molar-refractivity contribution is 0.283. The van der Waals surface area contributed by atoms with Crippen molar-refractivity contribution >= 4 is 23.1 Å². The van der Waals surface area contributed by atoms with Crippen molar-refractivity contribution < 1.29 is 5.11 Å². The first kappa shape index (κ1) is 13.1. The van der Waals surface area contributed by atoms with Gasteiger partial charge in [-0.05, 0) is 18.9 Å². The Labute approximate surface area is 101 Å². The van der Waals surface area contributed by atoms with Crippen LogP contribution in [0.2, 0.25) is 5.02 Å². The monoisotopic (exact) mass is 243 g/mol. The van der Waals surface area contributed by atoms with Crippen LogP contribution in [0.25, 0.3) is 0 Å². The van der Waals surface area contributed by atoms with Crippen LogP contribution in [0.1, 0.15) is 25.7 Å². The Bertz CT molecular complexity index is 320. The van der Waals surface area contributed by atoms with Crippen LogP contribution in [0.5, 0.6) is 0 Å². The number of rotatable bonds is 7. The van der Waals surface area contributed by atoms with Crippen molar-refractivity contribution in [3.63, 3.8) is 0 Å². The average Bonchev–Trinajstić information content (AvgIpc) is 2.26. The lowest BCUT2D eigenvalue weighted by Gasteiger charge is -2.07. The van der Waals surface area contributed by atoms with Gasteiger partial charge < -0.3 is 16.2 Å². The molecule has 0 atom stereocenters. The highest BCUT2D eigenvalue weighted by molar-refractivity contribution is 6.33. The molecule has 1 aromatic rings. The van der Waals surface area contributed by atoms with E-state index < -0.39 is 0 Å². The maximum atomic E-state index is 8.61. The van der Waals surface area contributed by atoms with Gasteiger partial charge in [-0.3, -0.25) is 0 Å². The zero-order valence-corrected chi connectivity index (χ0v) is 10.0. The zero-order chi connectivity index (χ0) is 11.8. The van der Waals surface area contributed by atoms with Gasteiger partial charge in [0.1, 0.15) is 5.82 Å². The number of aliphatic hydroxyl groups excluding tert-OH is 1. The number of hydrogen-bond donors (Lipinski definition) is 3. The van der Waals surface area contributed by atoms with Crippen LogP contribution in [0.3, 0.4) is 0 Å². The van der Waals surface area contributed by atoms with E-state index in [9.17, 15) is 0 Å². The first-order chi connectivity index (χ1) is 7.74. The first-order valence-corrected chi connectivity index (χ1v) is 5.87. The summed E-state index contributed by atoms with van der Waals surface area (Å²) in [5, 5.41) is 12.3. The Morgan fingerprint density at radius 1 is 1.31 bits per heavy atom. The van der Waals surface area contributed by atoms with Gasteiger partial charge in [-0.1, -0.05) is 24.4 Å². The van der Waals surface area contributed by atoms with Crippen LogP contribution in [0, 0.1) is 0 Å². The maximum absolute atomic E-state index is 8.61. The number of unbranched alkanes of at least 4 members (excludes halogenated alkanes) is 3. The molecule has 1 aromatic heterocycles. The van der Waals surface area contributed by atoms with Gasteiger partial charge in [-0.15, -0.1) is 0 Å². The number of nitrogens with two attached hydrogens (primary N) is 1. The summed E-state index contributed by atoms with van der Waals surface area (Å²) in [4.78, 5) is 4.10. The second kappa shape index (κ2) is 7.30. The third-order valence-corrected chi connectivity index (χ3v) is 2.53. The number of aliphatic hydroxyl groups is 1. The molecule has 0 spiro atoms. The van der Waals surface area contributed by atoms with Gasteiger partial charge in [0.2, 0.25) is 0 Å². The van der Waals surface area contributed by atoms with Crippen LogP contribution < -0.4 is 11.1 Å². The maximum Gasteiger partial charge on any atom is 0.144 e. The average molecular weight is 244 g/mol. The lowest BCUT2D eigenvalue weighted by atomic mass is 10.2. The molecule has 0 saturated heterocycles. The summed E-state index contributed by atoms with van der Waals surface area (Å²) < 4.78 is 0. The molecule has 1 rings (SSSR count). The largest absolute Gasteiger partial charge is 0.397 e. The molecule has 4 nitrogen and oxygen atoms in total. The van der Waals surface area contributed by atoms with Gasteiger partial charge >= 0.3 is 0 Å². The minimum Gasteiger partial charge on any atom is -0.397 e. The molecule has 0 aliphatic carbocycles. The molecule has 0 aliphatic heterocycles. The summed E-state index contributed by atoms with van der Waals surface area (Å²) in [6.45, 7) is 1.11. The first-order valence-electron chi connectivity index (χ1n) is 5.50. The number of nitrogens with zero attached hydrogens (tertiary/aromatic N) is 1. The zero-order valence-electron chi connectivity index (χ0n) is 9.25. The molecule has 0 unspecified atom stereocenters. The molecule has 1 heterocycles. The van der Waals surface area contributed by atoms with Gasteiger partial charge in [-0.2, -0.15) is 0 Å². The summed E-state index contributed by atoms with van der Waals surface area (Å²) in [6.07, 6.45) is 5.66.